The van der Waals surface area contributed by atoms with Gasteiger partial charge in [-0.3, -0.25) is 14.9 Å². The van der Waals surface area contributed by atoms with Crippen LogP contribution in [0.1, 0.15) is 10.4 Å². The highest BCUT2D eigenvalue weighted by atomic mass is 35.5. The van der Waals surface area contributed by atoms with Crippen LogP contribution in [-0.4, -0.2) is 20.4 Å². The molecule has 0 fully saturated rings. The minimum atomic E-state index is -0.955. The molecule has 14 heavy (non-hydrogen) atoms. The van der Waals surface area contributed by atoms with Crippen LogP contribution in [0.5, 0.6) is 11.5 Å². The largest absolute Gasteiger partial charge is 0.504 e. The Morgan fingerprint density at radius 1 is 1.43 bits per heavy atom. The highest BCUT2D eigenvalue weighted by Crippen LogP contribution is 2.36. The SMILES string of the molecule is O=C(Cl)c1cc(O)c(O)c([N+](=O)[O-])c1. The second-order valence-corrected chi connectivity index (χ2v) is 2.74. The highest BCUT2D eigenvalue weighted by molar-refractivity contribution is 6.67. The number of hydrogen-bond acceptors (Lipinski definition) is 5. The van der Waals surface area contributed by atoms with E-state index in [2.05, 4.69) is 0 Å². The normalized spacial score (nSPS) is 9.79. The summed E-state index contributed by atoms with van der Waals surface area (Å²) in [4.78, 5) is 20.0. The average Bonchev–Trinajstić information content (AvgIpc) is 2.08. The summed E-state index contributed by atoms with van der Waals surface area (Å²) in [6.07, 6.45) is 0. The summed E-state index contributed by atoms with van der Waals surface area (Å²) in [6.45, 7) is 0. The molecule has 0 saturated heterocycles. The number of phenols is 2. The molecule has 1 rings (SSSR count). The third-order valence-electron chi connectivity index (χ3n) is 1.49. The molecule has 2 N–H and O–H groups in total. The molecular weight excluding hydrogens is 214 g/mol. The monoisotopic (exact) mass is 217 g/mol. The zero-order valence-electron chi connectivity index (χ0n) is 6.60. The Labute approximate surface area is 82.5 Å². The zero-order valence-corrected chi connectivity index (χ0v) is 7.35. The molecule has 0 radical (unpaired) electrons. The van der Waals surface area contributed by atoms with Crippen LogP contribution in [0.2, 0.25) is 0 Å². The molecule has 0 atom stereocenters. The Bertz CT molecular complexity index is 417. The summed E-state index contributed by atoms with van der Waals surface area (Å²) in [6, 6.07) is 1.63. The number of halogens is 1. The molecule has 0 unspecified atom stereocenters. The van der Waals surface area contributed by atoms with Gasteiger partial charge in [-0.1, -0.05) is 0 Å². The van der Waals surface area contributed by atoms with Crippen molar-refractivity contribution in [2.75, 3.05) is 0 Å². The molecule has 0 aliphatic carbocycles. The predicted molar refractivity (Wildman–Crippen MR) is 46.6 cm³/mol. The van der Waals surface area contributed by atoms with Gasteiger partial charge in [0.15, 0.2) is 5.75 Å². The maximum absolute atomic E-state index is 10.6. The van der Waals surface area contributed by atoms with Gasteiger partial charge in [0, 0.05) is 11.6 Å². The average molecular weight is 218 g/mol. The number of carbonyl (C=O) groups is 1. The van der Waals surface area contributed by atoms with Crippen LogP contribution >= 0.6 is 11.6 Å². The lowest BCUT2D eigenvalue weighted by atomic mass is 10.2. The van der Waals surface area contributed by atoms with Crippen molar-refractivity contribution in [2.24, 2.45) is 0 Å². The van der Waals surface area contributed by atoms with Gasteiger partial charge >= 0.3 is 5.69 Å². The van der Waals surface area contributed by atoms with Crippen molar-refractivity contribution in [1.29, 1.82) is 0 Å². The molecule has 7 heteroatoms. The maximum Gasteiger partial charge on any atom is 0.315 e. The first-order chi connectivity index (χ1) is 6.43. The van der Waals surface area contributed by atoms with E-state index in [4.69, 9.17) is 21.8 Å². The molecule has 74 valence electrons. The van der Waals surface area contributed by atoms with Crippen LogP contribution in [0.3, 0.4) is 0 Å². The Balaban J connectivity index is 3.43. The lowest BCUT2D eigenvalue weighted by Crippen LogP contribution is -1.94. The summed E-state index contributed by atoms with van der Waals surface area (Å²) < 4.78 is 0. The van der Waals surface area contributed by atoms with Gasteiger partial charge < -0.3 is 10.2 Å². The number of nitrogens with zero attached hydrogens (tertiary/aromatic N) is 1. The van der Waals surface area contributed by atoms with Crippen molar-refractivity contribution >= 4 is 22.5 Å². The smallest absolute Gasteiger partial charge is 0.315 e. The predicted octanol–water partition coefficient (Wildman–Crippen LogP) is 1.39. The van der Waals surface area contributed by atoms with Crippen LogP contribution in [0.4, 0.5) is 5.69 Å². The van der Waals surface area contributed by atoms with Crippen molar-refractivity contribution < 1.29 is 19.9 Å². The molecule has 0 amide bonds. The second kappa shape index (κ2) is 3.51. The summed E-state index contributed by atoms with van der Waals surface area (Å²) in [7, 11) is 0. The number of nitro groups is 1. The van der Waals surface area contributed by atoms with Crippen molar-refractivity contribution in [3.05, 3.63) is 27.8 Å². The van der Waals surface area contributed by atoms with Crippen LogP contribution in [-0.2, 0) is 0 Å². The lowest BCUT2D eigenvalue weighted by Gasteiger charge is -2.00. The van der Waals surface area contributed by atoms with Crippen LogP contribution in [0.25, 0.3) is 0 Å². The molecule has 0 saturated carbocycles. The third-order valence-corrected chi connectivity index (χ3v) is 1.71. The Morgan fingerprint density at radius 2 is 2.00 bits per heavy atom. The third kappa shape index (κ3) is 1.74. The number of hydrogen-bond donors (Lipinski definition) is 2. The van der Waals surface area contributed by atoms with Crippen molar-refractivity contribution in [3.63, 3.8) is 0 Å². The molecule has 6 nitrogen and oxygen atoms in total. The number of benzene rings is 1. The fourth-order valence-corrected chi connectivity index (χ4v) is 0.966. The van der Waals surface area contributed by atoms with Gasteiger partial charge in [-0.15, -0.1) is 0 Å². The van der Waals surface area contributed by atoms with Gasteiger partial charge in [0.2, 0.25) is 5.75 Å². The van der Waals surface area contributed by atoms with Crippen LogP contribution in [0, 0.1) is 10.1 Å². The van der Waals surface area contributed by atoms with E-state index in [1.165, 1.54) is 0 Å². The van der Waals surface area contributed by atoms with Gasteiger partial charge in [-0.25, -0.2) is 0 Å². The molecule has 1 aromatic carbocycles. The summed E-state index contributed by atoms with van der Waals surface area (Å²) in [5, 5.41) is 27.4. The fourth-order valence-electron chi connectivity index (χ4n) is 0.857. The Kier molecular flexibility index (Phi) is 2.57. The minimum absolute atomic E-state index is 0.256. The van der Waals surface area contributed by atoms with E-state index in [1.54, 1.807) is 0 Å². The molecule has 0 heterocycles. The van der Waals surface area contributed by atoms with Crippen molar-refractivity contribution in [2.45, 2.75) is 0 Å². The number of nitro benzene ring substituents is 1. The van der Waals surface area contributed by atoms with Gasteiger partial charge in [0.25, 0.3) is 5.24 Å². The fraction of sp³-hybridized carbons (Fsp3) is 0. The highest BCUT2D eigenvalue weighted by Gasteiger charge is 2.20. The minimum Gasteiger partial charge on any atom is -0.504 e. The van der Waals surface area contributed by atoms with Gasteiger partial charge in [-0.2, -0.15) is 0 Å². The molecule has 1 aromatic rings. The summed E-state index contributed by atoms with van der Waals surface area (Å²) in [5.41, 5.74) is -1.03. The number of aromatic hydroxyl groups is 2. The van der Waals surface area contributed by atoms with Gasteiger partial charge in [0.05, 0.1) is 4.92 Å². The van der Waals surface area contributed by atoms with E-state index in [0.717, 1.165) is 12.1 Å². The van der Waals surface area contributed by atoms with Crippen LogP contribution in [0.15, 0.2) is 12.1 Å². The van der Waals surface area contributed by atoms with Gasteiger partial charge in [0.1, 0.15) is 0 Å². The molecule has 0 aliphatic rings. The first-order valence-corrected chi connectivity index (χ1v) is 3.71. The quantitative estimate of drug-likeness (QED) is 0.337. The van der Waals surface area contributed by atoms with Crippen molar-refractivity contribution in [1.82, 2.24) is 0 Å². The standard InChI is InChI=1S/C7H4ClNO5/c8-7(12)3-1-4(9(13)14)6(11)5(10)2-3/h1-2,10-11H. The van der Waals surface area contributed by atoms with E-state index in [-0.39, 0.29) is 5.56 Å². The van der Waals surface area contributed by atoms with E-state index >= 15 is 0 Å². The number of phenolic OH excluding ortho intramolecular Hbond substituents is 2. The van der Waals surface area contributed by atoms with Gasteiger partial charge in [-0.05, 0) is 17.7 Å². The summed E-state index contributed by atoms with van der Waals surface area (Å²) in [5.74, 6) is -1.65. The zero-order chi connectivity index (χ0) is 10.9. The Hall–Kier alpha value is -1.82. The maximum atomic E-state index is 10.6. The molecule has 0 spiro atoms. The van der Waals surface area contributed by atoms with E-state index in [1.807, 2.05) is 0 Å². The lowest BCUT2D eigenvalue weighted by molar-refractivity contribution is -0.386. The van der Waals surface area contributed by atoms with E-state index < -0.39 is 27.4 Å². The molecular formula is C7H4ClNO5. The number of carbonyl (C=O) groups excluding carboxylic acids is 1. The first kappa shape index (κ1) is 10.3. The van der Waals surface area contributed by atoms with E-state index in [9.17, 15) is 14.9 Å². The molecule has 0 aliphatic heterocycles. The Morgan fingerprint density at radius 3 is 2.43 bits per heavy atom. The number of rotatable bonds is 2. The van der Waals surface area contributed by atoms with E-state index in [0.29, 0.717) is 0 Å². The first-order valence-electron chi connectivity index (χ1n) is 3.33. The second-order valence-electron chi connectivity index (χ2n) is 2.39. The van der Waals surface area contributed by atoms with Crippen molar-refractivity contribution in [3.8, 4) is 11.5 Å². The van der Waals surface area contributed by atoms with Crippen LogP contribution < -0.4 is 0 Å². The molecule has 0 aromatic heterocycles. The summed E-state index contributed by atoms with van der Waals surface area (Å²) >= 11 is 5.05. The molecule has 0 bridgehead atoms. The topological polar surface area (TPSA) is 101 Å².